The van der Waals surface area contributed by atoms with Gasteiger partial charge in [-0.1, -0.05) is 19.3 Å². The fourth-order valence-electron chi connectivity index (χ4n) is 2.27. The highest BCUT2D eigenvalue weighted by Gasteiger charge is 2.15. The van der Waals surface area contributed by atoms with E-state index in [1.165, 1.54) is 32.1 Å². The molecule has 100 valence electrons. The van der Waals surface area contributed by atoms with Crippen molar-refractivity contribution in [3.05, 3.63) is 18.0 Å². The second kappa shape index (κ2) is 6.51. The van der Waals surface area contributed by atoms with E-state index in [4.69, 9.17) is 10.6 Å². The van der Waals surface area contributed by atoms with Crippen LogP contribution < -0.4 is 11.2 Å². The molecule has 0 atom stereocenters. The molecule has 1 aromatic rings. The number of carbonyl (C=O) groups is 1. The van der Waals surface area contributed by atoms with Crippen LogP contribution in [0.25, 0.3) is 0 Å². The summed E-state index contributed by atoms with van der Waals surface area (Å²) >= 11 is 0. The van der Waals surface area contributed by atoms with Crippen LogP contribution in [-0.4, -0.2) is 22.3 Å². The van der Waals surface area contributed by atoms with E-state index in [2.05, 4.69) is 10.6 Å². The first-order chi connectivity index (χ1) is 8.75. The zero-order valence-corrected chi connectivity index (χ0v) is 10.5. The molecule has 1 saturated carbocycles. The Bertz CT molecular complexity index is 385. The lowest BCUT2D eigenvalue weighted by Gasteiger charge is -2.21. The number of nitrogens with two attached hydrogens (primary N) is 1. The molecule has 3 N–H and O–H groups in total. The quantitative estimate of drug-likeness (QED) is 0.582. The van der Waals surface area contributed by atoms with Gasteiger partial charge in [-0.2, -0.15) is 10.6 Å². The maximum atomic E-state index is 10.5. The lowest BCUT2D eigenvalue weighted by atomic mass is 9.96. The first-order valence-electron chi connectivity index (χ1n) is 6.42. The van der Waals surface area contributed by atoms with Crippen molar-refractivity contribution in [1.82, 2.24) is 15.3 Å². The maximum absolute atomic E-state index is 10.5. The van der Waals surface area contributed by atoms with Crippen molar-refractivity contribution in [2.75, 3.05) is 6.61 Å². The summed E-state index contributed by atoms with van der Waals surface area (Å²) in [6.07, 6.45) is 8.37. The topological polar surface area (TPSA) is 82.2 Å². The maximum Gasteiger partial charge on any atom is 0.245 e. The number of hydrogen-bond donors (Lipinski definition) is 2. The Labute approximate surface area is 106 Å². The minimum atomic E-state index is -0.491. The molecule has 6 nitrogen and oxygen atoms in total. The summed E-state index contributed by atoms with van der Waals surface area (Å²) in [6, 6.07) is 2.51. The molecule has 1 aliphatic carbocycles. The number of nitrogens with one attached hydrogen (secondary N) is 1. The van der Waals surface area contributed by atoms with Gasteiger partial charge in [0.05, 0.1) is 18.3 Å². The second-order valence-electron chi connectivity index (χ2n) is 4.66. The summed E-state index contributed by atoms with van der Waals surface area (Å²) in [5.41, 5.74) is 8.53. The molecule has 0 saturated heterocycles. The smallest absolute Gasteiger partial charge is 0.245 e. The van der Waals surface area contributed by atoms with Crippen LogP contribution in [0.1, 0.15) is 43.8 Å². The highest BCUT2D eigenvalue weighted by Crippen LogP contribution is 2.27. The minimum absolute atomic E-state index is 0.122. The molecule has 0 bridgehead atoms. The van der Waals surface area contributed by atoms with Gasteiger partial charge in [-0.05, 0) is 18.9 Å². The molecular weight excluding hydrogens is 232 g/mol. The normalized spacial score (nSPS) is 16.9. The summed E-state index contributed by atoms with van der Waals surface area (Å²) in [7, 11) is 0. The molecule has 1 fully saturated rings. The van der Waals surface area contributed by atoms with Gasteiger partial charge < -0.3 is 5.73 Å². The van der Waals surface area contributed by atoms with E-state index in [9.17, 15) is 4.79 Å². The number of carbonyl (C=O) groups excluding carboxylic acids is 1. The zero-order chi connectivity index (χ0) is 12.8. The fourth-order valence-corrected chi connectivity index (χ4v) is 2.27. The lowest BCUT2D eigenvalue weighted by Crippen LogP contribution is -2.24. The number of aromatic nitrogens is 2. The molecule has 6 heteroatoms. The second-order valence-corrected chi connectivity index (χ2v) is 4.66. The summed E-state index contributed by atoms with van der Waals surface area (Å²) < 4.78 is 2.05. The number of nitrogens with zero attached hydrogens (tertiary/aromatic N) is 2. The Kier molecular flexibility index (Phi) is 4.72. The Hall–Kier alpha value is -1.40. The van der Waals surface area contributed by atoms with E-state index < -0.39 is 5.91 Å². The molecule has 1 aromatic heterocycles. The van der Waals surface area contributed by atoms with E-state index in [0.29, 0.717) is 12.6 Å². The van der Waals surface area contributed by atoms with Gasteiger partial charge in [0.25, 0.3) is 0 Å². The predicted molar refractivity (Wildman–Crippen MR) is 66.3 cm³/mol. The van der Waals surface area contributed by atoms with Crippen molar-refractivity contribution < 1.29 is 9.63 Å². The first kappa shape index (κ1) is 13.0. The van der Waals surface area contributed by atoms with Gasteiger partial charge in [-0.15, -0.1) is 0 Å². The Morgan fingerprint density at radius 1 is 1.50 bits per heavy atom. The molecule has 1 heterocycles. The number of hydrogen-bond acceptors (Lipinski definition) is 4. The predicted octanol–water partition coefficient (Wildman–Crippen LogP) is 0.895. The van der Waals surface area contributed by atoms with Crippen LogP contribution in [0.2, 0.25) is 0 Å². The van der Waals surface area contributed by atoms with Crippen molar-refractivity contribution >= 4 is 5.91 Å². The van der Waals surface area contributed by atoms with E-state index in [1.807, 2.05) is 16.9 Å². The van der Waals surface area contributed by atoms with Gasteiger partial charge in [0.2, 0.25) is 5.91 Å². The highest BCUT2D eigenvalue weighted by molar-refractivity contribution is 5.74. The van der Waals surface area contributed by atoms with Crippen molar-refractivity contribution in [2.45, 2.75) is 44.7 Å². The van der Waals surface area contributed by atoms with Crippen molar-refractivity contribution in [1.29, 1.82) is 0 Å². The number of rotatable bonds is 6. The van der Waals surface area contributed by atoms with Gasteiger partial charge in [-0.3, -0.25) is 14.3 Å². The molecule has 0 radical (unpaired) electrons. The molecule has 1 amide bonds. The van der Waals surface area contributed by atoms with E-state index in [-0.39, 0.29) is 6.61 Å². The van der Waals surface area contributed by atoms with E-state index >= 15 is 0 Å². The Morgan fingerprint density at radius 3 is 3.00 bits per heavy atom. The van der Waals surface area contributed by atoms with Crippen LogP contribution in [0, 0.1) is 0 Å². The van der Waals surface area contributed by atoms with E-state index in [0.717, 1.165) is 5.69 Å². The third-order valence-corrected chi connectivity index (χ3v) is 3.18. The molecular formula is C12H20N4O2. The minimum Gasteiger partial charge on any atom is -0.368 e. The van der Waals surface area contributed by atoms with Crippen LogP contribution in [0.5, 0.6) is 0 Å². The average Bonchev–Trinajstić information content (AvgIpc) is 2.84. The molecule has 0 aliphatic heterocycles. The van der Waals surface area contributed by atoms with E-state index in [1.54, 1.807) is 0 Å². The van der Waals surface area contributed by atoms with Crippen LogP contribution in [0.4, 0.5) is 0 Å². The monoisotopic (exact) mass is 252 g/mol. The van der Waals surface area contributed by atoms with Crippen LogP contribution in [0.15, 0.2) is 12.3 Å². The third-order valence-electron chi connectivity index (χ3n) is 3.18. The summed E-state index contributed by atoms with van der Waals surface area (Å²) in [5.74, 6) is -0.491. The largest absolute Gasteiger partial charge is 0.368 e. The Morgan fingerprint density at radius 2 is 2.28 bits per heavy atom. The molecule has 0 aromatic carbocycles. The van der Waals surface area contributed by atoms with Crippen molar-refractivity contribution in [2.24, 2.45) is 5.73 Å². The van der Waals surface area contributed by atoms with Gasteiger partial charge in [-0.25, -0.2) is 0 Å². The fraction of sp³-hybridized carbons (Fsp3) is 0.667. The van der Waals surface area contributed by atoms with Crippen molar-refractivity contribution in [3.63, 3.8) is 0 Å². The van der Waals surface area contributed by atoms with Crippen LogP contribution in [0.3, 0.4) is 0 Å². The molecule has 18 heavy (non-hydrogen) atoms. The highest BCUT2D eigenvalue weighted by atomic mass is 16.6. The average molecular weight is 252 g/mol. The number of amides is 1. The van der Waals surface area contributed by atoms with Crippen LogP contribution >= 0.6 is 0 Å². The lowest BCUT2D eigenvalue weighted by molar-refractivity contribution is -0.125. The van der Waals surface area contributed by atoms with Gasteiger partial charge in [0, 0.05) is 6.20 Å². The number of hydroxylamine groups is 1. The SMILES string of the molecule is NC(=O)CONCc1ccn(C2CCCCC2)n1. The Balaban J connectivity index is 1.76. The summed E-state index contributed by atoms with van der Waals surface area (Å²) in [4.78, 5) is 15.3. The standard InChI is InChI=1S/C12H20N4O2/c13-12(17)9-18-14-8-10-6-7-16(15-10)11-4-2-1-3-5-11/h6-7,11,14H,1-5,8-9H2,(H2,13,17). The third kappa shape index (κ3) is 3.82. The molecule has 0 spiro atoms. The first-order valence-corrected chi connectivity index (χ1v) is 6.42. The molecule has 2 rings (SSSR count). The van der Waals surface area contributed by atoms with Crippen LogP contribution in [-0.2, 0) is 16.2 Å². The van der Waals surface area contributed by atoms with Crippen molar-refractivity contribution in [3.8, 4) is 0 Å². The van der Waals surface area contributed by atoms with Gasteiger partial charge >= 0.3 is 0 Å². The molecule has 1 aliphatic rings. The zero-order valence-electron chi connectivity index (χ0n) is 10.5. The van der Waals surface area contributed by atoms with Gasteiger partial charge in [0.15, 0.2) is 0 Å². The summed E-state index contributed by atoms with van der Waals surface area (Å²) in [5, 5.41) is 4.51. The number of primary amides is 1. The summed E-state index contributed by atoms with van der Waals surface area (Å²) in [6.45, 7) is 0.357. The molecule has 0 unspecified atom stereocenters. The van der Waals surface area contributed by atoms with Gasteiger partial charge in [0.1, 0.15) is 6.61 Å².